The van der Waals surface area contributed by atoms with Crippen LogP contribution in [-0.2, 0) is 19.1 Å². The zero-order valence-corrected chi connectivity index (χ0v) is 18.2. The molecule has 2 amide bonds. The highest BCUT2D eigenvalue weighted by Crippen LogP contribution is 2.21. The molecule has 1 aromatic rings. The van der Waals surface area contributed by atoms with E-state index in [0.717, 1.165) is 32.1 Å². The van der Waals surface area contributed by atoms with Crippen molar-refractivity contribution in [2.45, 2.75) is 77.0 Å². The van der Waals surface area contributed by atoms with E-state index in [0.29, 0.717) is 11.4 Å². The summed E-state index contributed by atoms with van der Waals surface area (Å²) in [5.41, 5.74) is -0.221. The van der Waals surface area contributed by atoms with Crippen molar-refractivity contribution < 1.29 is 28.6 Å². The average Bonchev–Trinajstić information content (AvgIpc) is 2.67. The maximum Gasteiger partial charge on any atom is 0.408 e. The Hall–Kier alpha value is -2.77. The van der Waals surface area contributed by atoms with Crippen LogP contribution < -0.4 is 15.4 Å². The van der Waals surface area contributed by atoms with Gasteiger partial charge in [0.15, 0.2) is 0 Å². The summed E-state index contributed by atoms with van der Waals surface area (Å²) in [4.78, 5) is 37.4. The molecule has 2 N–H and O–H groups in total. The highest BCUT2D eigenvalue weighted by atomic mass is 16.6. The van der Waals surface area contributed by atoms with Gasteiger partial charge < -0.3 is 24.8 Å². The van der Waals surface area contributed by atoms with Crippen LogP contribution in [0.15, 0.2) is 24.3 Å². The fraction of sp³-hybridized carbons (Fsp3) is 0.591. The minimum absolute atomic E-state index is 0.127. The Balaban J connectivity index is 2.03. The van der Waals surface area contributed by atoms with E-state index in [4.69, 9.17) is 14.2 Å². The average molecular weight is 421 g/mol. The van der Waals surface area contributed by atoms with Crippen LogP contribution in [0.25, 0.3) is 0 Å². The molecule has 2 rings (SSSR count). The highest BCUT2D eigenvalue weighted by molar-refractivity contribution is 5.98. The molecule has 1 saturated carbocycles. The van der Waals surface area contributed by atoms with Gasteiger partial charge in [0.05, 0.1) is 13.5 Å². The predicted octanol–water partition coefficient (Wildman–Crippen LogP) is 3.79. The van der Waals surface area contributed by atoms with Crippen LogP contribution in [0.2, 0.25) is 0 Å². The predicted molar refractivity (Wildman–Crippen MR) is 112 cm³/mol. The molecule has 8 heteroatoms. The first-order chi connectivity index (χ1) is 14.2. The third-order valence-electron chi connectivity index (χ3n) is 4.59. The summed E-state index contributed by atoms with van der Waals surface area (Å²) in [6.45, 7) is 5.16. The summed E-state index contributed by atoms with van der Waals surface area (Å²) in [7, 11) is 1.55. The standard InChI is InChI=1S/C22H32N2O6/c1-22(2,3)30-21(27)24-18(14-19(25)29-17-8-6-5-7-9-17)20(26)23-15-10-12-16(28-4)13-11-15/h10-13,17-18H,5-9,14H2,1-4H3,(H,23,26)(H,24,27). The number of benzene rings is 1. The summed E-state index contributed by atoms with van der Waals surface area (Å²) in [5, 5.41) is 5.18. The Morgan fingerprint density at radius 1 is 1.07 bits per heavy atom. The molecule has 0 bridgehead atoms. The van der Waals surface area contributed by atoms with Crippen molar-refractivity contribution in [3.63, 3.8) is 0 Å². The van der Waals surface area contributed by atoms with Crippen molar-refractivity contribution >= 4 is 23.7 Å². The molecule has 166 valence electrons. The van der Waals surface area contributed by atoms with E-state index in [2.05, 4.69) is 10.6 Å². The SMILES string of the molecule is COc1ccc(NC(=O)C(CC(=O)OC2CCCCC2)NC(=O)OC(C)(C)C)cc1. The van der Waals surface area contributed by atoms with E-state index < -0.39 is 29.6 Å². The van der Waals surface area contributed by atoms with Crippen molar-refractivity contribution in [1.29, 1.82) is 0 Å². The first-order valence-corrected chi connectivity index (χ1v) is 10.3. The first-order valence-electron chi connectivity index (χ1n) is 10.3. The van der Waals surface area contributed by atoms with Gasteiger partial charge in [0.1, 0.15) is 23.5 Å². The number of methoxy groups -OCH3 is 1. The number of carbonyl (C=O) groups is 3. The number of nitrogens with one attached hydrogen (secondary N) is 2. The van der Waals surface area contributed by atoms with E-state index in [9.17, 15) is 14.4 Å². The van der Waals surface area contributed by atoms with Crippen molar-refractivity contribution in [2.75, 3.05) is 12.4 Å². The van der Waals surface area contributed by atoms with Gasteiger partial charge in [-0.2, -0.15) is 0 Å². The van der Waals surface area contributed by atoms with Gasteiger partial charge in [-0.15, -0.1) is 0 Å². The van der Waals surface area contributed by atoms with E-state index in [1.807, 2.05) is 0 Å². The molecule has 1 unspecified atom stereocenters. The summed E-state index contributed by atoms with van der Waals surface area (Å²) in [6, 6.07) is 5.61. The van der Waals surface area contributed by atoms with Gasteiger partial charge in [-0.25, -0.2) is 4.79 Å². The van der Waals surface area contributed by atoms with Crippen molar-refractivity contribution in [2.24, 2.45) is 0 Å². The van der Waals surface area contributed by atoms with Crippen LogP contribution in [0, 0.1) is 0 Å². The van der Waals surface area contributed by atoms with Gasteiger partial charge >= 0.3 is 12.1 Å². The molecular weight excluding hydrogens is 388 g/mol. The van der Waals surface area contributed by atoms with E-state index in [-0.39, 0.29) is 12.5 Å². The number of hydrogen-bond donors (Lipinski definition) is 2. The van der Waals surface area contributed by atoms with E-state index >= 15 is 0 Å². The summed E-state index contributed by atoms with van der Waals surface area (Å²) in [5.74, 6) is -0.410. The molecule has 0 radical (unpaired) electrons. The molecule has 30 heavy (non-hydrogen) atoms. The topological polar surface area (TPSA) is 103 Å². The van der Waals surface area contributed by atoms with E-state index in [1.165, 1.54) is 0 Å². The van der Waals surface area contributed by atoms with Crippen LogP contribution in [0.4, 0.5) is 10.5 Å². The van der Waals surface area contributed by atoms with Gasteiger partial charge in [0, 0.05) is 5.69 Å². The Labute approximate surface area is 177 Å². The molecule has 1 aliphatic rings. The number of hydrogen-bond acceptors (Lipinski definition) is 6. The zero-order chi connectivity index (χ0) is 22.1. The molecule has 0 aromatic heterocycles. The van der Waals surface area contributed by atoms with Crippen molar-refractivity contribution in [1.82, 2.24) is 5.32 Å². The summed E-state index contributed by atoms with van der Waals surface area (Å²) in [6.07, 6.45) is 3.66. The van der Waals surface area contributed by atoms with Crippen LogP contribution in [0.5, 0.6) is 5.75 Å². The van der Waals surface area contributed by atoms with Crippen LogP contribution in [0.1, 0.15) is 59.3 Å². The molecule has 1 aliphatic carbocycles. The molecule has 1 atom stereocenters. The lowest BCUT2D eigenvalue weighted by Crippen LogP contribution is -2.47. The molecule has 8 nitrogen and oxygen atoms in total. The summed E-state index contributed by atoms with van der Waals surface area (Å²) >= 11 is 0. The second-order valence-corrected chi connectivity index (χ2v) is 8.37. The monoisotopic (exact) mass is 420 g/mol. The van der Waals surface area contributed by atoms with Gasteiger partial charge in [0.2, 0.25) is 5.91 Å². The Morgan fingerprint density at radius 2 is 1.70 bits per heavy atom. The number of alkyl carbamates (subject to hydrolysis) is 1. The minimum Gasteiger partial charge on any atom is -0.497 e. The molecule has 0 saturated heterocycles. The number of anilines is 1. The Morgan fingerprint density at radius 3 is 2.27 bits per heavy atom. The number of esters is 1. The number of ether oxygens (including phenoxy) is 3. The second kappa shape index (κ2) is 10.8. The normalized spacial score (nSPS) is 15.6. The van der Waals surface area contributed by atoms with Gasteiger partial charge in [0.25, 0.3) is 0 Å². The van der Waals surface area contributed by atoms with Gasteiger partial charge in [-0.3, -0.25) is 9.59 Å². The highest BCUT2D eigenvalue weighted by Gasteiger charge is 2.28. The molecule has 1 aromatic carbocycles. The fourth-order valence-corrected chi connectivity index (χ4v) is 3.15. The lowest BCUT2D eigenvalue weighted by atomic mass is 9.98. The third kappa shape index (κ3) is 8.31. The maximum atomic E-state index is 12.8. The lowest BCUT2D eigenvalue weighted by molar-refractivity contribution is -0.152. The molecule has 0 aliphatic heterocycles. The number of amides is 2. The number of rotatable bonds is 7. The lowest BCUT2D eigenvalue weighted by Gasteiger charge is -2.25. The molecule has 0 heterocycles. The molecule has 1 fully saturated rings. The van der Waals surface area contributed by atoms with Gasteiger partial charge in [-0.1, -0.05) is 6.42 Å². The third-order valence-corrected chi connectivity index (χ3v) is 4.59. The fourth-order valence-electron chi connectivity index (χ4n) is 3.15. The van der Waals surface area contributed by atoms with Crippen LogP contribution in [-0.4, -0.2) is 42.8 Å². The Bertz CT molecular complexity index is 720. The van der Waals surface area contributed by atoms with Crippen LogP contribution in [0.3, 0.4) is 0 Å². The quantitative estimate of drug-likeness (QED) is 0.651. The molecular formula is C22H32N2O6. The number of carbonyl (C=O) groups excluding carboxylic acids is 3. The van der Waals surface area contributed by atoms with Crippen molar-refractivity contribution in [3.8, 4) is 5.75 Å². The zero-order valence-electron chi connectivity index (χ0n) is 18.2. The smallest absolute Gasteiger partial charge is 0.408 e. The van der Waals surface area contributed by atoms with Crippen molar-refractivity contribution in [3.05, 3.63) is 24.3 Å². The van der Waals surface area contributed by atoms with Gasteiger partial charge in [-0.05, 0) is 70.7 Å². The summed E-state index contributed by atoms with van der Waals surface area (Å²) < 4.78 is 15.8. The minimum atomic E-state index is -1.13. The first kappa shape index (κ1) is 23.5. The largest absolute Gasteiger partial charge is 0.497 e. The molecule has 0 spiro atoms. The van der Waals surface area contributed by atoms with E-state index in [1.54, 1.807) is 52.1 Å². The maximum absolute atomic E-state index is 12.8. The Kier molecular flexibility index (Phi) is 8.50. The second-order valence-electron chi connectivity index (χ2n) is 8.37. The van der Waals surface area contributed by atoms with Crippen LogP contribution >= 0.6 is 0 Å².